The Morgan fingerprint density at radius 1 is 1.15 bits per heavy atom. The van der Waals surface area contributed by atoms with Gasteiger partial charge in [0.25, 0.3) is 0 Å². The third-order valence-electron chi connectivity index (χ3n) is 1.59. The molecule has 0 aromatic heterocycles. The highest BCUT2D eigenvalue weighted by Crippen LogP contribution is 2.16. The first-order valence-electron chi connectivity index (χ1n) is 3.62. The van der Waals surface area contributed by atoms with E-state index < -0.39 is 10.0 Å². The molecule has 0 radical (unpaired) electrons. The van der Waals surface area contributed by atoms with Crippen LogP contribution in [-0.4, -0.2) is 26.8 Å². The van der Waals surface area contributed by atoms with E-state index in [1.165, 1.54) is 26.2 Å². The summed E-state index contributed by atoms with van der Waals surface area (Å²) < 4.78 is 24.2. The molecule has 0 saturated heterocycles. The molecule has 0 heterocycles. The van der Waals surface area contributed by atoms with Gasteiger partial charge in [0.1, 0.15) is 0 Å². The smallest absolute Gasteiger partial charge is 0.207 e. The number of hydrogen-bond acceptors (Lipinski definition) is 2. The van der Waals surface area contributed by atoms with Crippen molar-refractivity contribution in [3.05, 3.63) is 29.3 Å². The minimum absolute atomic E-state index is 0.252. The Hall–Kier alpha value is -0.580. The summed E-state index contributed by atoms with van der Waals surface area (Å²) in [5.74, 6) is 0. The van der Waals surface area contributed by atoms with E-state index >= 15 is 0 Å². The highest BCUT2D eigenvalue weighted by Gasteiger charge is 2.15. The number of hydrogen-bond donors (Lipinski definition) is 0. The molecule has 0 bridgehead atoms. The maximum atomic E-state index is 11.5. The van der Waals surface area contributed by atoms with Gasteiger partial charge in [-0.25, -0.2) is 12.7 Å². The van der Waals surface area contributed by atoms with E-state index in [1.807, 2.05) is 0 Å². The largest absolute Gasteiger partial charge is 0.242 e. The molecule has 0 spiro atoms. The van der Waals surface area contributed by atoms with Crippen LogP contribution < -0.4 is 0 Å². The van der Waals surface area contributed by atoms with Gasteiger partial charge in [-0.2, -0.15) is 0 Å². The van der Waals surface area contributed by atoms with E-state index in [-0.39, 0.29) is 4.90 Å². The first-order valence-corrected chi connectivity index (χ1v) is 5.44. The van der Waals surface area contributed by atoms with Crippen LogP contribution in [0, 0.1) is 0 Å². The van der Waals surface area contributed by atoms with E-state index in [0.717, 1.165) is 4.31 Å². The van der Waals surface area contributed by atoms with Crippen molar-refractivity contribution in [3.8, 4) is 0 Å². The van der Waals surface area contributed by atoms with Gasteiger partial charge in [-0.15, -0.1) is 0 Å². The lowest BCUT2D eigenvalue weighted by molar-refractivity contribution is 0.521. The van der Waals surface area contributed by atoms with Crippen molar-refractivity contribution >= 4 is 21.6 Å². The lowest BCUT2D eigenvalue weighted by Gasteiger charge is -2.10. The molecule has 72 valence electrons. The lowest BCUT2D eigenvalue weighted by atomic mass is 10.4. The molecule has 0 unspecified atom stereocenters. The highest BCUT2D eigenvalue weighted by atomic mass is 35.5. The van der Waals surface area contributed by atoms with Crippen LogP contribution in [0.2, 0.25) is 5.02 Å². The molecule has 5 heteroatoms. The molecule has 0 aliphatic rings. The van der Waals surface area contributed by atoms with Gasteiger partial charge < -0.3 is 0 Å². The summed E-state index contributed by atoms with van der Waals surface area (Å²) >= 11 is 5.63. The average molecular weight is 220 g/mol. The number of benzene rings is 1. The van der Waals surface area contributed by atoms with E-state index in [1.54, 1.807) is 12.1 Å². The van der Waals surface area contributed by atoms with Gasteiger partial charge in [-0.3, -0.25) is 0 Å². The Labute approximate surface area is 83.0 Å². The van der Waals surface area contributed by atoms with E-state index in [4.69, 9.17) is 11.6 Å². The third kappa shape index (κ3) is 2.21. The topological polar surface area (TPSA) is 37.4 Å². The summed E-state index contributed by atoms with van der Waals surface area (Å²) in [5, 5.41) is 0.526. The molecule has 0 N–H and O–H groups in total. The molecule has 1 aromatic carbocycles. The molecule has 0 saturated carbocycles. The van der Waals surface area contributed by atoms with Gasteiger partial charge in [-0.1, -0.05) is 11.6 Å². The second-order valence-electron chi connectivity index (χ2n) is 2.74. The molecular weight excluding hydrogens is 210 g/mol. The quantitative estimate of drug-likeness (QED) is 0.758. The second-order valence-corrected chi connectivity index (χ2v) is 5.33. The Morgan fingerprint density at radius 2 is 1.62 bits per heavy atom. The minimum atomic E-state index is -3.32. The maximum Gasteiger partial charge on any atom is 0.242 e. The fraction of sp³-hybridized carbons (Fsp3) is 0.250. The highest BCUT2D eigenvalue weighted by molar-refractivity contribution is 7.89. The summed E-state index contributed by atoms with van der Waals surface area (Å²) in [6.45, 7) is 0. The Kier molecular flexibility index (Phi) is 2.95. The predicted molar refractivity (Wildman–Crippen MR) is 52.3 cm³/mol. The first kappa shape index (κ1) is 10.5. The van der Waals surface area contributed by atoms with Crippen LogP contribution in [-0.2, 0) is 10.0 Å². The Morgan fingerprint density at radius 3 is 2.00 bits per heavy atom. The summed E-state index contributed by atoms with van der Waals surface area (Å²) in [4.78, 5) is 0.252. The fourth-order valence-corrected chi connectivity index (χ4v) is 1.85. The van der Waals surface area contributed by atoms with Crippen LogP contribution in [0.3, 0.4) is 0 Å². The van der Waals surface area contributed by atoms with Crippen LogP contribution in [0.15, 0.2) is 29.2 Å². The normalized spacial score (nSPS) is 12.0. The molecule has 3 nitrogen and oxygen atoms in total. The van der Waals surface area contributed by atoms with E-state index in [9.17, 15) is 8.42 Å². The molecular formula is C8H10ClNO2S. The second kappa shape index (κ2) is 3.65. The van der Waals surface area contributed by atoms with Crippen molar-refractivity contribution in [2.24, 2.45) is 0 Å². The van der Waals surface area contributed by atoms with Crippen LogP contribution in [0.4, 0.5) is 0 Å². The zero-order valence-electron chi connectivity index (χ0n) is 7.36. The standard InChI is InChI=1S/C8H10ClNO2S/c1-10(2)13(11,12)8-5-3-7(9)4-6-8/h3-6H,1-2H3. The monoisotopic (exact) mass is 219 g/mol. The van der Waals surface area contributed by atoms with Crippen molar-refractivity contribution in [3.63, 3.8) is 0 Å². The van der Waals surface area contributed by atoms with Gasteiger partial charge >= 0.3 is 0 Å². The van der Waals surface area contributed by atoms with Gasteiger partial charge in [-0.05, 0) is 24.3 Å². The number of sulfonamides is 1. The van der Waals surface area contributed by atoms with Crippen molar-refractivity contribution < 1.29 is 8.42 Å². The summed E-state index contributed by atoms with van der Waals surface area (Å²) in [5.41, 5.74) is 0. The summed E-state index contributed by atoms with van der Waals surface area (Å²) in [6.07, 6.45) is 0. The lowest BCUT2D eigenvalue weighted by Crippen LogP contribution is -2.21. The number of nitrogens with zero attached hydrogens (tertiary/aromatic N) is 1. The van der Waals surface area contributed by atoms with Crippen molar-refractivity contribution in [2.75, 3.05) is 14.1 Å². The number of rotatable bonds is 2. The van der Waals surface area contributed by atoms with Crippen LogP contribution in [0.25, 0.3) is 0 Å². The van der Waals surface area contributed by atoms with Crippen LogP contribution in [0.5, 0.6) is 0 Å². The maximum absolute atomic E-state index is 11.5. The molecule has 0 atom stereocenters. The zero-order chi connectivity index (χ0) is 10.1. The Bertz CT molecular complexity index is 383. The zero-order valence-corrected chi connectivity index (χ0v) is 8.93. The van der Waals surface area contributed by atoms with Gasteiger partial charge in [0.15, 0.2) is 0 Å². The Balaban J connectivity index is 3.17. The van der Waals surface area contributed by atoms with Crippen LogP contribution in [0.1, 0.15) is 0 Å². The van der Waals surface area contributed by atoms with E-state index in [0.29, 0.717) is 5.02 Å². The summed E-state index contributed by atoms with van der Waals surface area (Å²) in [6, 6.07) is 6.07. The SMILES string of the molecule is CN(C)S(=O)(=O)c1ccc(Cl)cc1. The van der Waals surface area contributed by atoms with Crippen LogP contribution >= 0.6 is 11.6 Å². The van der Waals surface area contributed by atoms with Crippen molar-refractivity contribution in [2.45, 2.75) is 4.90 Å². The first-order chi connectivity index (χ1) is 5.94. The minimum Gasteiger partial charge on any atom is -0.207 e. The predicted octanol–water partition coefficient (Wildman–Crippen LogP) is 1.59. The van der Waals surface area contributed by atoms with Gasteiger partial charge in [0.2, 0.25) is 10.0 Å². The van der Waals surface area contributed by atoms with Crippen molar-refractivity contribution in [1.29, 1.82) is 0 Å². The molecule has 13 heavy (non-hydrogen) atoms. The molecule has 0 amide bonds. The summed E-state index contributed by atoms with van der Waals surface area (Å²) in [7, 11) is -0.339. The molecule has 0 fully saturated rings. The average Bonchev–Trinajstić information content (AvgIpc) is 2.04. The van der Waals surface area contributed by atoms with Gasteiger partial charge in [0, 0.05) is 19.1 Å². The number of halogens is 1. The van der Waals surface area contributed by atoms with Gasteiger partial charge in [0.05, 0.1) is 4.90 Å². The molecule has 0 aliphatic carbocycles. The molecule has 1 rings (SSSR count). The fourth-order valence-electron chi connectivity index (χ4n) is 0.817. The molecule has 1 aromatic rings. The third-order valence-corrected chi connectivity index (χ3v) is 3.67. The van der Waals surface area contributed by atoms with E-state index in [2.05, 4.69) is 0 Å². The molecule has 0 aliphatic heterocycles. The van der Waals surface area contributed by atoms with Crippen molar-refractivity contribution in [1.82, 2.24) is 4.31 Å².